The molecule has 1 heterocycles. The van der Waals surface area contributed by atoms with Crippen molar-refractivity contribution in [2.24, 2.45) is 0 Å². The van der Waals surface area contributed by atoms with Crippen molar-refractivity contribution >= 4 is 23.3 Å². The minimum atomic E-state index is 0.629. The Kier molecular flexibility index (Phi) is 5.17. The first-order valence-corrected chi connectivity index (χ1v) is 8.10. The maximum Gasteiger partial charge on any atom is 0.127 e. The SMILES string of the molecule is CCCNc1cc(NC2CCC(SC)C2)ccn1. The van der Waals surface area contributed by atoms with Crippen LogP contribution in [-0.4, -0.2) is 29.1 Å². The lowest BCUT2D eigenvalue weighted by Crippen LogP contribution is -2.16. The highest BCUT2D eigenvalue weighted by Crippen LogP contribution is 2.30. The van der Waals surface area contributed by atoms with Crippen LogP contribution in [-0.2, 0) is 0 Å². The van der Waals surface area contributed by atoms with E-state index in [-0.39, 0.29) is 0 Å². The second-order valence-corrected chi connectivity index (χ2v) is 6.01. The van der Waals surface area contributed by atoms with Gasteiger partial charge in [0.1, 0.15) is 5.82 Å². The van der Waals surface area contributed by atoms with Gasteiger partial charge in [-0.2, -0.15) is 11.8 Å². The summed E-state index contributed by atoms with van der Waals surface area (Å²) < 4.78 is 0. The molecule has 2 atom stereocenters. The fourth-order valence-corrected chi connectivity index (χ4v) is 3.19. The highest BCUT2D eigenvalue weighted by atomic mass is 32.2. The maximum absolute atomic E-state index is 4.33. The van der Waals surface area contributed by atoms with E-state index in [4.69, 9.17) is 0 Å². The van der Waals surface area contributed by atoms with Gasteiger partial charge in [-0.3, -0.25) is 0 Å². The topological polar surface area (TPSA) is 37.0 Å². The molecule has 1 aromatic heterocycles. The molecule has 2 N–H and O–H groups in total. The van der Waals surface area contributed by atoms with Crippen LogP contribution in [0, 0.1) is 0 Å². The van der Waals surface area contributed by atoms with Crippen molar-refractivity contribution in [3.05, 3.63) is 18.3 Å². The molecule has 0 spiro atoms. The predicted octanol–water partition coefficient (Wildman–Crippen LogP) is 3.60. The van der Waals surface area contributed by atoms with E-state index < -0.39 is 0 Å². The minimum Gasteiger partial charge on any atom is -0.382 e. The first kappa shape index (κ1) is 13.5. The summed E-state index contributed by atoms with van der Waals surface area (Å²) >= 11 is 2.00. The van der Waals surface area contributed by atoms with Crippen molar-refractivity contribution in [3.8, 4) is 0 Å². The lowest BCUT2D eigenvalue weighted by atomic mass is 10.2. The Morgan fingerprint density at radius 3 is 3.06 bits per heavy atom. The molecule has 100 valence electrons. The molecule has 0 saturated heterocycles. The molecule has 0 radical (unpaired) electrons. The zero-order valence-electron chi connectivity index (χ0n) is 11.3. The Morgan fingerprint density at radius 2 is 2.33 bits per heavy atom. The molecule has 18 heavy (non-hydrogen) atoms. The van der Waals surface area contributed by atoms with Crippen LogP contribution in [0.4, 0.5) is 11.5 Å². The zero-order valence-corrected chi connectivity index (χ0v) is 12.1. The summed E-state index contributed by atoms with van der Waals surface area (Å²) in [7, 11) is 0. The number of hydrogen-bond donors (Lipinski definition) is 2. The van der Waals surface area contributed by atoms with Crippen LogP contribution in [0.1, 0.15) is 32.6 Å². The van der Waals surface area contributed by atoms with E-state index in [0.717, 1.165) is 24.0 Å². The van der Waals surface area contributed by atoms with Crippen LogP contribution in [0.3, 0.4) is 0 Å². The maximum atomic E-state index is 4.33. The quantitative estimate of drug-likeness (QED) is 0.824. The van der Waals surface area contributed by atoms with Crippen molar-refractivity contribution in [2.45, 2.75) is 43.9 Å². The number of nitrogens with one attached hydrogen (secondary N) is 2. The highest BCUT2D eigenvalue weighted by Gasteiger charge is 2.23. The lowest BCUT2D eigenvalue weighted by molar-refractivity contribution is 0.757. The van der Waals surface area contributed by atoms with E-state index in [1.165, 1.54) is 24.9 Å². The molecule has 4 heteroatoms. The minimum absolute atomic E-state index is 0.629. The van der Waals surface area contributed by atoms with Crippen LogP contribution < -0.4 is 10.6 Å². The van der Waals surface area contributed by atoms with E-state index in [1.54, 1.807) is 0 Å². The smallest absolute Gasteiger partial charge is 0.127 e. The van der Waals surface area contributed by atoms with Gasteiger partial charge in [0, 0.05) is 35.8 Å². The molecule has 1 fully saturated rings. The Hall–Kier alpha value is -0.900. The third-order valence-electron chi connectivity index (χ3n) is 3.40. The Bertz CT molecular complexity index is 370. The molecule has 1 aliphatic rings. The second kappa shape index (κ2) is 6.88. The Morgan fingerprint density at radius 1 is 1.44 bits per heavy atom. The number of hydrogen-bond acceptors (Lipinski definition) is 4. The molecule has 0 amide bonds. The molecule has 1 aromatic rings. The van der Waals surface area contributed by atoms with Crippen molar-refractivity contribution in [2.75, 3.05) is 23.4 Å². The van der Waals surface area contributed by atoms with Gasteiger partial charge in [0.25, 0.3) is 0 Å². The predicted molar refractivity (Wildman–Crippen MR) is 81.6 cm³/mol. The van der Waals surface area contributed by atoms with Gasteiger partial charge in [-0.05, 0) is 38.0 Å². The molecular formula is C14H23N3S. The van der Waals surface area contributed by atoms with E-state index >= 15 is 0 Å². The number of thioether (sulfide) groups is 1. The summed E-state index contributed by atoms with van der Waals surface area (Å²) in [5.41, 5.74) is 1.19. The Labute approximate surface area is 114 Å². The summed E-state index contributed by atoms with van der Waals surface area (Å²) in [4.78, 5) is 4.33. The van der Waals surface area contributed by atoms with Gasteiger partial charge in [0.2, 0.25) is 0 Å². The van der Waals surface area contributed by atoms with Crippen LogP contribution in [0.25, 0.3) is 0 Å². The molecule has 2 rings (SSSR count). The molecule has 0 bridgehead atoms. The van der Waals surface area contributed by atoms with Gasteiger partial charge in [-0.15, -0.1) is 0 Å². The normalized spacial score (nSPS) is 23.0. The van der Waals surface area contributed by atoms with E-state index in [2.05, 4.69) is 40.9 Å². The van der Waals surface area contributed by atoms with Gasteiger partial charge < -0.3 is 10.6 Å². The van der Waals surface area contributed by atoms with Gasteiger partial charge in [0.05, 0.1) is 0 Å². The van der Waals surface area contributed by atoms with Crippen LogP contribution in [0.2, 0.25) is 0 Å². The average molecular weight is 265 g/mol. The van der Waals surface area contributed by atoms with Crippen molar-refractivity contribution in [1.82, 2.24) is 4.98 Å². The average Bonchev–Trinajstić information content (AvgIpc) is 2.84. The summed E-state index contributed by atoms with van der Waals surface area (Å²) in [5.74, 6) is 0.973. The van der Waals surface area contributed by atoms with Crippen molar-refractivity contribution in [3.63, 3.8) is 0 Å². The number of pyridine rings is 1. The molecule has 1 aliphatic carbocycles. The van der Waals surface area contributed by atoms with E-state index in [0.29, 0.717) is 6.04 Å². The number of anilines is 2. The fourth-order valence-electron chi connectivity index (χ4n) is 2.39. The second-order valence-electron chi connectivity index (χ2n) is 4.87. The summed E-state index contributed by atoms with van der Waals surface area (Å²) in [6.45, 7) is 3.14. The molecule has 0 aliphatic heterocycles. The molecule has 2 unspecified atom stereocenters. The molecular weight excluding hydrogens is 242 g/mol. The van der Waals surface area contributed by atoms with Crippen LogP contribution in [0.5, 0.6) is 0 Å². The third kappa shape index (κ3) is 3.80. The monoisotopic (exact) mass is 265 g/mol. The summed E-state index contributed by atoms with van der Waals surface area (Å²) in [6.07, 6.45) is 9.11. The zero-order chi connectivity index (χ0) is 12.8. The van der Waals surface area contributed by atoms with Crippen LogP contribution in [0.15, 0.2) is 18.3 Å². The number of rotatable bonds is 6. The van der Waals surface area contributed by atoms with Gasteiger partial charge >= 0.3 is 0 Å². The summed E-state index contributed by atoms with van der Waals surface area (Å²) in [5, 5.41) is 7.79. The first-order chi connectivity index (χ1) is 8.81. The lowest BCUT2D eigenvalue weighted by Gasteiger charge is -2.15. The van der Waals surface area contributed by atoms with E-state index in [1.807, 2.05) is 18.0 Å². The fraction of sp³-hybridized carbons (Fsp3) is 0.643. The molecule has 0 aromatic carbocycles. The number of nitrogens with zero attached hydrogens (tertiary/aromatic N) is 1. The molecule has 1 saturated carbocycles. The largest absolute Gasteiger partial charge is 0.382 e. The van der Waals surface area contributed by atoms with Gasteiger partial charge in [-0.25, -0.2) is 4.98 Å². The summed E-state index contributed by atoms with van der Waals surface area (Å²) in [6, 6.07) is 4.80. The molecule has 3 nitrogen and oxygen atoms in total. The Balaban J connectivity index is 1.89. The highest BCUT2D eigenvalue weighted by molar-refractivity contribution is 7.99. The number of aromatic nitrogens is 1. The van der Waals surface area contributed by atoms with Crippen molar-refractivity contribution in [1.29, 1.82) is 0 Å². The van der Waals surface area contributed by atoms with Gasteiger partial charge in [0.15, 0.2) is 0 Å². The van der Waals surface area contributed by atoms with Gasteiger partial charge in [-0.1, -0.05) is 6.92 Å². The van der Waals surface area contributed by atoms with Crippen LogP contribution >= 0.6 is 11.8 Å². The third-order valence-corrected chi connectivity index (χ3v) is 4.50. The van der Waals surface area contributed by atoms with Crippen molar-refractivity contribution < 1.29 is 0 Å². The first-order valence-electron chi connectivity index (χ1n) is 6.81. The standard InChI is InChI=1S/C14H23N3S/c1-3-7-15-14-10-12(6-8-16-14)17-11-4-5-13(9-11)18-2/h6,8,10-11,13H,3-5,7,9H2,1-2H3,(H2,15,16,17). The van der Waals surface area contributed by atoms with E-state index in [9.17, 15) is 0 Å².